The quantitative estimate of drug-likeness (QED) is 0.810. The molecule has 2 aromatic rings. The number of rotatable bonds is 3. The van der Waals surface area contributed by atoms with Crippen LogP contribution in [-0.2, 0) is 6.42 Å². The van der Waals surface area contributed by atoms with Crippen molar-refractivity contribution in [2.75, 3.05) is 6.54 Å². The number of nitrogens with zero attached hydrogens (tertiary/aromatic N) is 2. The number of nitrogens with one attached hydrogen (secondary N) is 1. The van der Waals surface area contributed by atoms with E-state index in [0.717, 1.165) is 30.6 Å². The molecular formula is C13H15N3O. The average molecular weight is 229 g/mol. The van der Waals surface area contributed by atoms with Gasteiger partial charge in [0.2, 0.25) is 0 Å². The van der Waals surface area contributed by atoms with Gasteiger partial charge in [0, 0.05) is 18.7 Å². The third-order valence-electron chi connectivity index (χ3n) is 3.35. The summed E-state index contributed by atoms with van der Waals surface area (Å²) in [5.41, 5.74) is 1.44. The van der Waals surface area contributed by atoms with Crippen LogP contribution in [-0.4, -0.2) is 28.3 Å². The summed E-state index contributed by atoms with van der Waals surface area (Å²) in [6.45, 7) is 1.09. The summed E-state index contributed by atoms with van der Waals surface area (Å²) in [5, 5.41) is 3.46. The predicted octanol–water partition coefficient (Wildman–Crippen LogP) is 1.44. The van der Waals surface area contributed by atoms with Crippen molar-refractivity contribution in [3.8, 4) is 0 Å². The Bertz CT molecular complexity index is 541. The van der Waals surface area contributed by atoms with Gasteiger partial charge in [-0.25, -0.2) is 4.98 Å². The van der Waals surface area contributed by atoms with Gasteiger partial charge in [-0.2, -0.15) is 0 Å². The molecule has 1 aliphatic rings. The fourth-order valence-electron chi connectivity index (χ4n) is 2.51. The van der Waals surface area contributed by atoms with Crippen LogP contribution in [0.3, 0.4) is 0 Å². The number of hydrogen-bond acceptors (Lipinski definition) is 3. The smallest absolute Gasteiger partial charge is 0.170 e. The van der Waals surface area contributed by atoms with Crippen molar-refractivity contribution >= 4 is 11.8 Å². The SMILES string of the molecule is O=Cc1nc(CC2CCCN2)n2ccccc12. The van der Waals surface area contributed by atoms with Crippen LogP contribution in [0.25, 0.3) is 5.52 Å². The molecule has 1 saturated heterocycles. The number of pyridine rings is 1. The Balaban J connectivity index is 2.00. The maximum atomic E-state index is 11.0. The molecule has 1 atom stereocenters. The maximum Gasteiger partial charge on any atom is 0.170 e. The summed E-state index contributed by atoms with van der Waals surface area (Å²) in [5.74, 6) is 0.974. The summed E-state index contributed by atoms with van der Waals surface area (Å²) < 4.78 is 2.02. The number of carbonyl (C=O) groups is 1. The first-order valence-corrected chi connectivity index (χ1v) is 6.03. The first kappa shape index (κ1) is 10.5. The van der Waals surface area contributed by atoms with Crippen LogP contribution in [0.4, 0.5) is 0 Å². The fraction of sp³-hybridized carbons (Fsp3) is 0.385. The minimum atomic E-state index is 0.500. The van der Waals surface area contributed by atoms with Crippen LogP contribution in [0.15, 0.2) is 24.4 Å². The van der Waals surface area contributed by atoms with E-state index < -0.39 is 0 Å². The fourth-order valence-corrected chi connectivity index (χ4v) is 2.51. The summed E-state index contributed by atoms with van der Waals surface area (Å²) in [4.78, 5) is 15.4. The second-order valence-electron chi connectivity index (χ2n) is 4.48. The molecule has 0 aromatic carbocycles. The second kappa shape index (κ2) is 4.30. The third-order valence-corrected chi connectivity index (χ3v) is 3.35. The largest absolute Gasteiger partial charge is 0.314 e. The van der Waals surface area contributed by atoms with Crippen LogP contribution < -0.4 is 5.32 Å². The van der Waals surface area contributed by atoms with Crippen LogP contribution in [0.1, 0.15) is 29.2 Å². The van der Waals surface area contributed by atoms with Crippen molar-refractivity contribution in [1.82, 2.24) is 14.7 Å². The third kappa shape index (κ3) is 1.85. The minimum Gasteiger partial charge on any atom is -0.314 e. The lowest BCUT2D eigenvalue weighted by Crippen LogP contribution is -2.24. The molecule has 1 N–H and O–H groups in total. The molecule has 0 aliphatic carbocycles. The molecule has 0 saturated carbocycles. The van der Waals surface area contributed by atoms with Crippen molar-refractivity contribution in [2.24, 2.45) is 0 Å². The molecule has 3 rings (SSSR count). The van der Waals surface area contributed by atoms with Gasteiger partial charge in [0.25, 0.3) is 0 Å². The lowest BCUT2D eigenvalue weighted by Gasteiger charge is -2.08. The van der Waals surface area contributed by atoms with Gasteiger partial charge in [-0.05, 0) is 31.5 Å². The molecule has 1 fully saturated rings. The van der Waals surface area contributed by atoms with E-state index >= 15 is 0 Å². The summed E-state index contributed by atoms with van der Waals surface area (Å²) in [7, 11) is 0. The highest BCUT2D eigenvalue weighted by atomic mass is 16.1. The van der Waals surface area contributed by atoms with Gasteiger partial charge in [0.1, 0.15) is 11.5 Å². The van der Waals surface area contributed by atoms with Gasteiger partial charge >= 0.3 is 0 Å². The molecule has 1 unspecified atom stereocenters. The molecular weight excluding hydrogens is 214 g/mol. The first-order valence-electron chi connectivity index (χ1n) is 6.03. The highest BCUT2D eigenvalue weighted by Gasteiger charge is 2.18. The number of carbonyl (C=O) groups excluding carboxylic acids is 1. The Morgan fingerprint density at radius 2 is 2.47 bits per heavy atom. The summed E-state index contributed by atoms with van der Waals surface area (Å²) in [6, 6.07) is 6.33. The van der Waals surface area contributed by atoms with Crippen LogP contribution in [0, 0.1) is 0 Å². The van der Waals surface area contributed by atoms with Gasteiger partial charge in [-0.15, -0.1) is 0 Å². The molecule has 3 heterocycles. The Morgan fingerprint density at radius 3 is 3.24 bits per heavy atom. The van der Waals surface area contributed by atoms with E-state index in [9.17, 15) is 4.79 Å². The number of hydrogen-bond donors (Lipinski definition) is 1. The molecule has 0 amide bonds. The highest BCUT2D eigenvalue weighted by Crippen LogP contribution is 2.15. The molecule has 0 bridgehead atoms. The van der Waals surface area contributed by atoms with Crippen molar-refractivity contribution in [1.29, 1.82) is 0 Å². The van der Waals surface area contributed by atoms with E-state index in [4.69, 9.17) is 0 Å². The number of imidazole rings is 1. The van der Waals surface area contributed by atoms with Crippen molar-refractivity contribution in [3.05, 3.63) is 35.9 Å². The van der Waals surface area contributed by atoms with Crippen LogP contribution in [0.5, 0.6) is 0 Å². The Hall–Kier alpha value is -1.68. The van der Waals surface area contributed by atoms with E-state index in [2.05, 4.69) is 10.3 Å². The predicted molar refractivity (Wildman–Crippen MR) is 65.3 cm³/mol. The van der Waals surface area contributed by atoms with E-state index in [0.29, 0.717) is 11.7 Å². The zero-order chi connectivity index (χ0) is 11.7. The van der Waals surface area contributed by atoms with Gasteiger partial charge < -0.3 is 9.72 Å². The van der Waals surface area contributed by atoms with Crippen molar-refractivity contribution in [2.45, 2.75) is 25.3 Å². The summed E-state index contributed by atoms with van der Waals surface area (Å²) >= 11 is 0. The van der Waals surface area contributed by atoms with Crippen molar-refractivity contribution < 1.29 is 4.79 Å². The number of aromatic nitrogens is 2. The Morgan fingerprint density at radius 1 is 1.53 bits per heavy atom. The molecule has 17 heavy (non-hydrogen) atoms. The minimum absolute atomic E-state index is 0.500. The normalized spacial score (nSPS) is 19.9. The van der Waals surface area contributed by atoms with E-state index in [1.54, 1.807) is 0 Å². The van der Waals surface area contributed by atoms with E-state index in [1.165, 1.54) is 12.8 Å². The average Bonchev–Trinajstić information content (AvgIpc) is 2.98. The topological polar surface area (TPSA) is 46.4 Å². The van der Waals surface area contributed by atoms with Crippen LogP contribution >= 0.6 is 0 Å². The standard InChI is InChI=1S/C13H15N3O/c17-9-11-12-5-1-2-7-16(12)13(15-11)8-10-4-3-6-14-10/h1-2,5,7,9-10,14H,3-4,6,8H2. The number of aldehydes is 1. The molecule has 1 aliphatic heterocycles. The second-order valence-corrected chi connectivity index (χ2v) is 4.48. The van der Waals surface area contributed by atoms with Gasteiger partial charge in [0.05, 0.1) is 5.52 Å². The molecule has 0 spiro atoms. The van der Waals surface area contributed by atoms with E-state index in [1.807, 2.05) is 28.8 Å². The Labute approximate surface area is 99.7 Å². The zero-order valence-corrected chi connectivity index (χ0v) is 9.60. The van der Waals surface area contributed by atoms with E-state index in [-0.39, 0.29) is 0 Å². The molecule has 2 aromatic heterocycles. The maximum absolute atomic E-state index is 11.0. The molecule has 88 valence electrons. The number of fused-ring (bicyclic) bond motifs is 1. The highest BCUT2D eigenvalue weighted by molar-refractivity contribution is 5.83. The van der Waals surface area contributed by atoms with Gasteiger partial charge in [-0.3, -0.25) is 4.79 Å². The van der Waals surface area contributed by atoms with Crippen LogP contribution in [0.2, 0.25) is 0 Å². The molecule has 4 nitrogen and oxygen atoms in total. The first-order chi connectivity index (χ1) is 8.38. The Kier molecular flexibility index (Phi) is 2.65. The summed E-state index contributed by atoms with van der Waals surface area (Å²) in [6.07, 6.45) is 6.12. The van der Waals surface area contributed by atoms with Gasteiger partial charge in [0.15, 0.2) is 6.29 Å². The monoisotopic (exact) mass is 229 g/mol. The van der Waals surface area contributed by atoms with Gasteiger partial charge in [-0.1, -0.05) is 6.07 Å². The lowest BCUT2D eigenvalue weighted by atomic mass is 10.1. The molecule has 4 heteroatoms. The zero-order valence-electron chi connectivity index (χ0n) is 9.60. The lowest BCUT2D eigenvalue weighted by molar-refractivity contribution is 0.112. The van der Waals surface area contributed by atoms with Crippen molar-refractivity contribution in [3.63, 3.8) is 0 Å². The molecule has 0 radical (unpaired) electrons.